The third-order valence-electron chi connectivity index (χ3n) is 3.82. The summed E-state index contributed by atoms with van der Waals surface area (Å²) in [5.41, 5.74) is 2.45. The molecule has 1 N–H and O–H groups in total. The van der Waals surface area contributed by atoms with Crippen molar-refractivity contribution >= 4 is 21.6 Å². The molecule has 1 aromatic rings. The number of alkyl halides is 1. The van der Waals surface area contributed by atoms with Gasteiger partial charge in [-0.15, -0.1) is 11.6 Å². The van der Waals surface area contributed by atoms with E-state index in [0.717, 1.165) is 19.3 Å². The van der Waals surface area contributed by atoms with Gasteiger partial charge >= 0.3 is 0 Å². The van der Waals surface area contributed by atoms with E-state index in [-0.39, 0.29) is 12.0 Å². The Morgan fingerprint density at radius 1 is 1.26 bits per heavy atom. The number of aryl methyl sites for hydroxylation is 2. The SMILES string of the molecule is CC(CCl)C(C)NS(=O)(=O)c1ccc2c(c1)CCC2. The molecule has 0 spiro atoms. The van der Waals surface area contributed by atoms with Crippen LogP contribution in [0.1, 0.15) is 31.4 Å². The normalized spacial score (nSPS) is 18.1. The second-order valence-electron chi connectivity index (χ2n) is 5.33. The molecule has 3 nitrogen and oxygen atoms in total. The van der Waals surface area contributed by atoms with Gasteiger partial charge < -0.3 is 0 Å². The molecule has 2 rings (SSSR count). The van der Waals surface area contributed by atoms with E-state index in [1.54, 1.807) is 6.07 Å². The number of fused-ring (bicyclic) bond motifs is 1. The van der Waals surface area contributed by atoms with Crippen LogP contribution in [-0.2, 0) is 22.9 Å². The van der Waals surface area contributed by atoms with Crippen molar-refractivity contribution in [3.05, 3.63) is 29.3 Å². The maximum atomic E-state index is 12.3. The zero-order chi connectivity index (χ0) is 14.0. The topological polar surface area (TPSA) is 46.2 Å². The molecule has 0 fully saturated rings. The van der Waals surface area contributed by atoms with E-state index in [1.807, 2.05) is 26.0 Å². The molecule has 0 saturated carbocycles. The number of halogens is 1. The molecule has 0 heterocycles. The van der Waals surface area contributed by atoms with Crippen molar-refractivity contribution in [3.8, 4) is 0 Å². The highest BCUT2D eigenvalue weighted by Crippen LogP contribution is 2.25. The van der Waals surface area contributed by atoms with Crippen LogP contribution in [0, 0.1) is 5.92 Å². The van der Waals surface area contributed by atoms with E-state index in [4.69, 9.17) is 11.6 Å². The Balaban J connectivity index is 2.20. The number of hydrogen-bond acceptors (Lipinski definition) is 2. The predicted molar refractivity (Wildman–Crippen MR) is 78.1 cm³/mol. The molecule has 0 aromatic heterocycles. The lowest BCUT2D eigenvalue weighted by atomic mass is 10.1. The van der Waals surface area contributed by atoms with Gasteiger partial charge in [0.1, 0.15) is 0 Å². The zero-order valence-corrected chi connectivity index (χ0v) is 12.9. The lowest BCUT2D eigenvalue weighted by Gasteiger charge is -2.19. The molecular weight excluding hydrogens is 282 g/mol. The van der Waals surface area contributed by atoms with Crippen molar-refractivity contribution in [1.82, 2.24) is 4.72 Å². The van der Waals surface area contributed by atoms with Gasteiger partial charge in [0.05, 0.1) is 4.90 Å². The molecule has 0 aliphatic heterocycles. The fourth-order valence-corrected chi connectivity index (χ4v) is 3.95. The molecule has 5 heteroatoms. The van der Waals surface area contributed by atoms with Crippen LogP contribution in [0.25, 0.3) is 0 Å². The average Bonchev–Trinajstić information content (AvgIpc) is 2.84. The summed E-state index contributed by atoms with van der Waals surface area (Å²) < 4.78 is 27.3. The van der Waals surface area contributed by atoms with Gasteiger partial charge in [-0.05, 0) is 55.4 Å². The lowest BCUT2D eigenvalue weighted by molar-refractivity contribution is 0.480. The Kier molecular flexibility index (Phi) is 4.54. The molecule has 1 aliphatic rings. The quantitative estimate of drug-likeness (QED) is 0.850. The fourth-order valence-electron chi connectivity index (χ4n) is 2.28. The first-order chi connectivity index (χ1) is 8.94. The van der Waals surface area contributed by atoms with E-state index in [0.29, 0.717) is 10.8 Å². The summed E-state index contributed by atoms with van der Waals surface area (Å²) in [4.78, 5) is 0.363. The lowest BCUT2D eigenvalue weighted by Crippen LogP contribution is -2.37. The molecule has 0 saturated heterocycles. The molecule has 0 bridgehead atoms. The zero-order valence-electron chi connectivity index (χ0n) is 11.3. The fraction of sp³-hybridized carbons (Fsp3) is 0.571. The first-order valence-corrected chi connectivity index (χ1v) is 8.66. The molecule has 1 aromatic carbocycles. The maximum absolute atomic E-state index is 12.3. The van der Waals surface area contributed by atoms with Crippen molar-refractivity contribution in [2.75, 3.05) is 5.88 Å². The Hall–Kier alpha value is -0.580. The number of nitrogens with one attached hydrogen (secondary N) is 1. The smallest absolute Gasteiger partial charge is 0.208 e. The van der Waals surface area contributed by atoms with Crippen molar-refractivity contribution in [1.29, 1.82) is 0 Å². The van der Waals surface area contributed by atoms with Crippen LogP contribution in [-0.4, -0.2) is 20.3 Å². The van der Waals surface area contributed by atoms with Gasteiger partial charge in [0.25, 0.3) is 0 Å². The van der Waals surface area contributed by atoms with Crippen LogP contribution in [0.4, 0.5) is 0 Å². The van der Waals surface area contributed by atoms with Gasteiger partial charge in [-0.3, -0.25) is 0 Å². The van der Waals surface area contributed by atoms with Crippen LogP contribution < -0.4 is 4.72 Å². The van der Waals surface area contributed by atoms with E-state index >= 15 is 0 Å². The number of benzene rings is 1. The second-order valence-corrected chi connectivity index (χ2v) is 7.35. The third kappa shape index (κ3) is 3.30. The molecule has 2 unspecified atom stereocenters. The van der Waals surface area contributed by atoms with Gasteiger partial charge in [0.2, 0.25) is 10.0 Å². The average molecular weight is 302 g/mol. The molecular formula is C14H20ClNO2S. The molecule has 19 heavy (non-hydrogen) atoms. The maximum Gasteiger partial charge on any atom is 0.240 e. The Bertz CT molecular complexity index is 557. The van der Waals surface area contributed by atoms with Crippen LogP contribution in [0.5, 0.6) is 0 Å². The minimum absolute atomic E-state index is 0.103. The first-order valence-electron chi connectivity index (χ1n) is 6.64. The standard InChI is InChI=1S/C14H20ClNO2S/c1-10(9-15)11(2)16-19(17,18)14-7-6-12-4-3-5-13(12)8-14/h6-8,10-11,16H,3-5,9H2,1-2H3. The van der Waals surface area contributed by atoms with Gasteiger partial charge in [0.15, 0.2) is 0 Å². The Morgan fingerprint density at radius 2 is 1.95 bits per heavy atom. The largest absolute Gasteiger partial charge is 0.240 e. The highest BCUT2D eigenvalue weighted by molar-refractivity contribution is 7.89. The highest BCUT2D eigenvalue weighted by atomic mass is 35.5. The van der Waals surface area contributed by atoms with Crippen LogP contribution >= 0.6 is 11.6 Å². The van der Waals surface area contributed by atoms with Crippen molar-refractivity contribution in [2.24, 2.45) is 5.92 Å². The minimum Gasteiger partial charge on any atom is -0.208 e. The van der Waals surface area contributed by atoms with Gasteiger partial charge in [-0.25, -0.2) is 13.1 Å². The van der Waals surface area contributed by atoms with Crippen molar-refractivity contribution in [3.63, 3.8) is 0 Å². The highest BCUT2D eigenvalue weighted by Gasteiger charge is 2.22. The molecule has 0 amide bonds. The van der Waals surface area contributed by atoms with Crippen molar-refractivity contribution < 1.29 is 8.42 Å². The summed E-state index contributed by atoms with van der Waals surface area (Å²) in [6.45, 7) is 3.78. The summed E-state index contributed by atoms with van der Waals surface area (Å²) in [5, 5.41) is 0. The summed E-state index contributed by atoms with van der Waals surface area (Å²) in [7, 11) is -3.44. The predicted octanol–water partition coefficient (Wildman–Crippen LogP) is 2.72. The summed E-state index contributed by atoms with van der Waals surface area (Å²) in [5.74, 6) is 0.541. The monoisotopic (exact) mass is 301 g/mol. The summed E-state index contributed by atoms with van der Waals surface area (Å²) >= 11 is 5.76. The molecule has 106 valence electrons. The van der Waals surface area contributed by atoms with Crippen LogP contribution in [0.15, 0.2) is 23.1 Å². The van der Waals surface area contributed by atoms with E-state index in [2.05, 4.69) is 4.72 Å². The van der Waals surface area contributed by atoms with E-state index in [9.17, 15) is 8.42 Å². The van der Waals surface area contributed by atoms with Gasteiger partial charge in [-0.1, -0.05) is 13.0 Å². The first kappa shape index (κ1) is 14.8. The van der Waals surface area contributed by atoms with E-state index in [1.165, 1.54) is 11.1 Å². The van der Waals surface area contributed by atoms with Crippen LogP contribution in [0.3, 0.4) is 0 Å². The third-order valence-corrected chi connectivity index (χ3v) is 5.86. The molecule has 2 atom stereocenters. The van der Waals surface area contributed by atoms with Gasteiger partial charge in [0, 0.05) is 11.9 Å². The number of sulfonamides is 1. The Labute approximate surface area is 120 Å². The molecule has 0 radical (unpaired) electrons. The summed E-state index contributed by atoms with van der Waals surface area (Å²) in [6.07, 6.45) is 3.15. The van der Waals surface area contributed by atoms with E-state index < -0.39 is 10.0 Å². The molecule has 1 aliphatic carbocycles. The summed E-state index contributed by atoms with van der Waals surface area (Å²) in [6, 6.07) is 5.27. The Morgan fingerprint density at radius 3 is 2.63 bits per heavy atom. The van der Waals surface area contributed by atoms with Crippen LogP contribution in [0.2, 0.25) is 0 Å². The van der Waals surface area contributed by atoms with Gasteiger partial charge in [-0.2, -0.15) is 0 Å². The second kappa shape index (κ2) is 5.81. The van der Waals surface area contributed by atoms with Crippen molar-refractivity contribution in [2.45, 2.75) is 44.0 Å². The number of rotatable bonds is 5. The minimum atomic E-state index is -3.44. The number of hydrogen-bond donors (Lipinski definition) is 1.